The number of aryl methyl sites for hydroxylation is 1. The smallest absolute Gasteiger partial charge is 0.266 e. The van der Waals surface area contributed by atoms with Gasteiger partial charge in [-0.3, -0.25) is 4.79 Å². The SMILES string of the molecule is Cc1ccc(NC(=O)[C@@H](C)Oc2nn(-c3ccccc3)cc2Br)nc1. The molecule has 128 valence electrons. The van der Waals surface area contributed by atoms with Crippen LogP contribution in [0.15, 0.2) is 59.3 Å². The van der Waals surface area contributed by atoms with Gasteiger partial charge in [-0.15, -0.1) is 5.10 Å². The average molecular weight is 401 g/mol. The van der Waals surface area contributed by atoms with Gasteiger partial charge in [0.2, 0.25) is 5.88 Å². The van der Waals surface area contributed by atoms with E-state index in [4.69, 9.17) is 4.74 Å². The van der Waals surface area contributed by atoms with Crippen LogP contribution in [0.4, 0.5) is 5.82 Å². The average Bonchev–Trinajstić information content (AvgIpc) is 2.98. The molecule has 3 aromatic rings. The zero-order valence-electron chi connectivity index (χ0n) is 13.8. The van der Waals surface area contributed by atoms with E-state index in [-0.39, 0.29) is 5.91 Å². The van der Waals surface area contributed by atoms with E-state index in [9.17, 15) is 4.79 Å². The van der Waals surface area contributed by atoms with E-state index in [1.165, 1.54) is 0 Å². The van der Waals surface area contributed by atoms with Crippen LogP contribution in [-0.2, 0) is 4.79 Å². The second-order valence-electron chi connectivity index (χ2n) is 5.53. The number of benzene rings is 1. The van der Waals surface area contributed by atoms with E-state index < -0.39 is 6.10 Å². The lowest BCUT2D eigenvalue weighted by molar-refractivity contribution is -0.122. The molecular formula is C18H17BrN4O2. The summed E-state index contributed by atoms with van der Waals surface area (Å²) < 4.78 is 8.04. The number of aromatic nitrogens is 3. The number of pyridine rings is 1. The Morgan fingerprint density at radius 3 is 2.68 bits per heavy atom. The number of nitrogens with one attached hydrogen (secondary N) is 1. The lowest BCUT2D eigenvalue weighted by Crippen LogP contribution is -2.30. The summed E-state index contributed by atoms with van der Waals surface area (Å²) in [6.45, 7) is 3.60. The van der Waals surface area contributed by atoms with Gasteiger partial charge >= 0.3 is 0 Å². The van der Waals surface area contributed by atoms with Crippen molar-refractivity contribution in [3.8, 4) is 11.6 Å². The molecule has 0 aliphatic carbocycles. The normalized spacial score (nSPS) is 11.8. The first kappa shape index (κ1) is 17.2. The minimum Gasteiger partial charge on any atom is -0.463 e. The lowest BCUT2D eigenvalue weighted by atomic mass is 10.3. The molecule has 0 aliphatic rings. The van der Waals surface area contributed by atoms with E-state index >= 15 is 0 Å². The van der Waals surface area contributed by atoms with Crippen molar-refractivity contribution in [1.29, 1.82) is 0 Å². The van der Waals surface area contributed by atoms with Gasteiger partial charge in [0.05, 0.1) is 10.2 Å². The molecule has 25 heavy (non-hydrogen) atoms. The number of carbonyl (C=O) groups is 1. The third-order valence-electron chi connectivity index (χ3n) is 3.48. The van der Waals surface area contributed by atoms with Crippen LogP contribution < -0.4 is 10.1 Å². The summed E-state index contributed by atoms with van der Waals surface area (Å²) >= 11 is 3.41. The Kier molecular flexibility index (Phi) is 5.14. The highest BCUT2D eigenvalue weighted by molar-refractivity contribution is 9.10. The highest BCUT2D eigenvalue weighted by atomic mass is 79.9. The molecule has 2 aromatic heterocycles. The molecule has 0 spiro atoms. The van der Waals surface area contributed by atoms with Gasteiger partial charge in [-0.05, 0) is 53.5 Å². The van der Waals surface area contributed by atoms with Gasteiger partial charge in [-0.2, -0.15) is 0 Å². The van der Waals surface area contributed by atoms with E-state index in [0.717, 1.165) is 11.3 Å². The standard InChI is InChI=1S/C18H17BrN4O2/c1-12-8-9-16(20-10-12)21-17(24)13(2)25-18-15(19)11-23(22-18)14-6-4-3-5-7-14/h3-11,13H,1-2H3,(H,20,21,24)/t13-/m1/s1. The lowest BCUT2D eigenvalue weighted by Gasteiger charge is -2.13. The summed E-state index contributed by atoms with van der Waals surface area (Å²) in [6, 6.07) is 13.3. The van der Waals surface area contributed by atoms with Crippen LogP contribution >= 0.6 is 15.9 Å². The highest BCUT2D eigenvalue weighted by Crippen LogP contribution is 2.25. The van der Waals surface area contributed by atoms with Gasteiger partial charge in [0.25, 0.3) is 5.91 Å². The number of halogens is 1. The van der Waals surface area contributed by atoms with Crippen LogP contribution in [0.1, 0.15) is 12.5 Å². The first-order valence-electron chi connectivity index (χ1n) is 7.73. The van der Waals surface area contributed by atoms with Gasteiger partial charge in [0, 0.05) is 12.4 Å². The number of amides is 1. The molecule has 7 heteroatoms. The minimum absolute atomic E-state index is 0.294. The zero-order valence-corrected chi connectivity index (χ0v) is 15.4. The van der Waals surface area contributed by atoms with Crippen molar-refractivity contribution in [3.05, 3.63) is 64.9 Å². The Morgan fingerprint density at radius 1 is 1.24 bits per heavy atom. The molecule has 2 heterocycles. The van der Waals surface area contributed by atoms with E-state index in [2.05, 4.69) is 31.3 Å². The predicted octanol–water partition coefficient (Wildman–Crippen LogP) is 3.74. The number of anilines is 1. The molecule has 6 nitrogen and oxygen atoms in total. The quantitative estimate of drug-likeness (QED) is 0.707. The van der Waals surface area contributed by atoms with E-state index in [0.29, 0.717) is 16.2 Å². The molecule has 0 saturated carbocycles. The fourth-order valence-corrected chi connectivity index (χ4v) is 2.49. The summed E-state index contributed by atoms with van der Waals surface area (Å²) in [7, 11) is 0. The van der Waals surface area contributed by atoms with Gasteiger partial charge < -0.3 is 10.1 Å². The largest absolute Gasteiger partial charge is 0.463 e. The molecule has 1 N–H and O–H groups in total. The Hall–Kier alpha value is -2.67. The molecule has 0 saturated heterocycles. The topological polar surface area (TPSA) is 69.0 Å². The van der Waals surface area contributed by atoms with Crippen molar-refractivity contribution in [2.45, 2.75) is 20.0 Å². The Morgan fingerprint density at radius 2 is 2.00 bits per heavy atom. The number of rotatable bonds is 5. The monoisotopic (exact) mass is 400 g/mol. The van der Waals surface area contributed by atoms with Gasteiger partial charge in [-0.25, -0.2) is 9.67 Å². The van der Waals surface area contributed by atoms with Crippen LogP contribution in [-0.4, -0.2) is 26.8 Å². The number of carbonyl (C=O) groups excluding carboxylic acids is 1. The molecule has 0 unspecified atom stereocenters. The fraction of sp³-hybridized carbons (Fsp3) is 0.167. The maximum absolute atomic E-state index is 12.3. The number of ether oxygens (including phenoxy) is 1. The molecule has 1 amide bonds. The van der Waals surface area contributed by atoms with Crippen molar-refractivity contribution in [2.24, 2.45) is 0 Å². The Balaban J connectivity index is 1.68. The van der Waals surface area contributed by atoms with Crippen LogP contribution in [0.25, 0.3) is 5.69 Å². The highest BCUT2D eigenvalue weighted by Gasteiger charge is 2.19. The van der Waals surface area contributed by atoms with E-state index in [1.54, 1.807) is 30.1 Å². The number of hydrogen-bond donors (Lipinski definition) is 1. The van der Waals surface area contributed by atoms with Crippen molar-refractivity contribution in [2.75, 3.05) is 5.32 Å². The molecular weight excluding hydrogens is 384 g/mol. The molecule has 0 aliphatic heterocycles. The summed E-state index contributed by atoms with van der Waals surface area (Å²) in [6.07, 6.45) is 2.76. The third-order valence-corrected chi connectivity index (χ3v) is 4.02. The molecule has 3 rings (SSSR count). The van der Waals surface area contributed by atoms with Gasteiger partial charge in [0.15, 0.2) is 6.10 Å². The summed E-state index contributed by atoms with van der Waals surface area (Å²) in [5.41, 5.74) is 1.93. The molecule has 1 atom stereocenters. The summed E-state index contributed by atoms with van der Waals surface area (Å²) in [5.74, 6) is 0.542. The predicted molar refractivity (Wildman–Crippen MR) is 99.0 cm³/mol. The maximum Gasteiger partial charge on any atom is 0.266 e. The number of nitrogens with zero attached hydrogens (tertiary/aromatic N) is 3. The second kappa shape index (κ2) is 7.48. The minimum atomic E-state index is -0.724. The van der Waals surface area contributed by atoms with Crippen molar-refractivity contribution in [3.63, 3.8) is 0 Å². The molecule has 0 fully saturated rings. The second-order valence-corrected chi connectivity index (χ2v) is 6.39. The summed E-state index contributed by atoms with van der Waals surface area (Å²) in [5, 5.41) is 7.10. The Labute approximate surface area is 154 Å². The Bertz CT molecular complexity index is 863. The summed E-state index contributed by atoms with van der Waals surface area (Å²) in [4.78, 5) is 16.4. The van der Waals surface area contributed by atoms with Gasteiger partial charge in [-0.1, -0.05) is 24.3 Å². The third kappa shape index (κ3) is 4.24. The van der Waals surface area contributed by atoms with Crippen LogP contribution in [0.3, 0.4) is 0 Å². The molecule has 0 radical (unpaired) electrons. The van der Waals surface area contributed by atoms with Crippen LogP contribution in [0, 0.1) is 6.92 Å². The zero-order chi connectivity index (χ0) is 17.8. The van der Waals surface area contributed by atoms with Crippen molar-refractivity contribution < 1.29 is 9.53 Å². The maximum atomic E-state index is 12.3. The van der Waals surface area contributed by atoms with E-state index in [1.807, 2.05) is 43.3 Å². The van der Waals surface area contributed by atoms with Crippen LogP contribution in [0.2, 0.25) is 0 Å². The first-order valence-corrected chi connectivity index (χ1v) is 8.53. The fourth-order valence-electron chi connectivity index (χ4n) is 2.12. The molecule has 0 bridgehead atoms. The number of para-hydroxylation sites is 1. The van der Waals surface area contributed by atoms with Crippen molar-refractivity contribution in [1.82, 2.24) is 14.8 Å². The molecule has 1 aromatic carbocycles. The van der Waals surface area contributed by atoms with Crippen molar-refractivity contribution >= 4 is 27.7 Å². The number of hydrogen-bond acceptors (Lipinski definition) is 4. The first-order chi connectivity index (χ1) is 12.0. The van der Waals surface area contributed by atoms with Crippen LogP contribution in [0.5, 0.6) is 5.88 Å². The van der Waals surface area contributed by atoms with Gasteiger partial charge in [0.1, 0.15) is 5.82 Å².